The highest BCUT2D eigenvalue weighted by Gasteiger charge is 1.96. The lowest BCUT2D eigenvalue weighted by molar-refractivity contribution is -0.291. The average Bonchev–Trinajstić information content (AvgIpc) is 2.30. The lowest BCUT2D eigenvalue weighted by Crippen LogP contribution is -2.33. The first kappa shape index (κ1) is 13.4. The molecular formula is C8H6O4S4-2. The van der Waals surface area contributed by atoms with Crippen molar-refractivity contribution in [3.05, 3.63) is 16.7 Å². The molecule has 0 saturated heterocycles. The molecule has 16 heavy (non-hydrogen) atoms. The molecule has 0 aliphatic carbocycles. The van der Waals surface area contributed by atoms with Gasteiger partial charge in [-0.1, -0.05) is 24.4 Å². The molecule has 0 aliphatic rings. The smallest absolute Gasteiger partial charge is 0.119 e. The van der Waals surface area contributed by atoms with Gasteiger partial charge in [-0.25, -0.2) is 0 Å². The molecule has 88 valence electrons. The minimum Gasteiger partial charge on any atom is -0.616 e. The van der Waals surface area contributed by atoms with Crippen molar-refractivity contribution in [2.24, 2.45) is 0 Å². The summed E-state index contributed by atoms with van der Waals surface area (Å²) < 4.78 is 10.1. The van der Waals surface area contributed by atoms with E-state index in [1.54, 1.807) is 0 Å². The summed E-state index contributed by atoms with van der Waals surface area (Å²) in [4.78, 5) is 0. The highest BCUT2D eigenvalue weighted by Crippen LogP contribution is 2.01. The normalized spacial score (nSPS) is 14.1. The van der Waals surface area contributed by atoms with Gasteiger partial charge in [0.25, 0.3) is 0 Å². The van der Waals surface area contributed by atoms with Gasteiger partial charge in [0.2, 0.25) is 0 Å². The topological polar surface area (TPSA) is 64.6 Å². The van der Waals surface area contributed by atoms with Crippen molar-refractivity contribution < 1.29 is 19.7 Å². The molecule has 1 heterocycles. The molecule has 0 radical (unpaired) electrons. The van der Waals surface area contributed by atoms with Crippen molar-refractivity contribution in [3.8, 4) is 0 Å². The van der Waals surface area contributed by atoms with Crippen LogP contribution in [-0.2, 0) is 9.47 Å². The summed E-state index contributed by atoms with van der Waals surface area (Å²) in [5, 5.41) is 22.8. The molecule has 4 nitrogen and oxygen atoms in total. The number of ether oxygens (including phenoxy) is 2. The van der Waals surface area contributed by atoms with Gasteiger partial charge in [0.05, 0.1) is 21.0 Å². The van der Waals surface area contributed by atoms with E-state index < -0.39 is 11.9 Å². The van der Waals surface area contributed by atoms with Crippen LogP contribution in [0.2, 0.25) is 0 Å². The van der Waals surface area contributed by atoms with Gasteiger partial charge in [-0.3, -0.25) is 0 Å². The van der Waals surface area contributed by atoms with Crippen LogP contribution in [0.1, 0.15) is 0 Å². The Kier molecular flexibility index (Phi) is 4.66. The third kappa shape index (κ3) is 2.70. The SMILES string of the molecule is CO/C([O-])=c1/sc(=S)c(=S)s/c1=C(\[O-])OC. The predicted octanol–water partition coefficient (Wildman–Crippen LogP) is -0.587. The number of hydrogen-bond acceptors (Lipinski definition) is 8. The van der Waals surface area contributed by atoms with Crippen LogP contribution in [0.5, 0.6) is 0 Å². The van der Waals surface area contributed by atoms with E-state index in [4.69, 9.17) is 24.4 Å². The second kappa shape index (κ2) is 5.58. The molecule has 0 atom stereocenters. The van der Waals surface area contributed by atoms with Crippen molar-refractivity contribution in [3.63, 3.8) is 0 Å². The molecule has 1 aromatic rings. The predicted molar refractivity (Wildman–Crippen MR) is 63.9 cm³/mol. The molecular weight excluding hydrogens is 288 g/mol. The summed E-state index contributed by atoms with van der Waals surface area (Å²) in [6, 6.07) is 0. The number of rotatable bonds is 2. The molecule has 8 heteroatoms. The first-order valence-corrected chi connectivity index (χ1v) is 6.31. The van der Waals surface area contributed by atoms with E-state index in [0.717, 1.165) is 22.7 Å². The first-order chi connectivity index (χ1) is 7.51. The Labute approximate surface area is 109 Å². The zero-order valence-corrected chi connectivity index (χ0v) is 11.5. The van der Waals surface area contributed by atoms with Gasteiger partial charge < -0.3 is 19.7 Å². The van der Waals surface area contributed by atoms with Crippen molar-refractivity contribution >= 4 is 59.0 Å². The van der Waals surface area contributed by atoms with Crippen molar-refractivity contribution in [2.75, 3.05) is 14.2 Å². The summed E-state index contributed by atoms with van der Waals surface area (Å²) in [5.41, 5.74) is 0. The van der Waals surface area contributed by atoms with E-state index in [-0.39, 0.29) is 9.06 Å². The molecule has 0 aromatic carbocycles. The Morgan fingerprint density at radius 1 is 0.938 bits per heavy atom. The first-order valence-electron chi connectivity index (χ1n) is 3.86. The van der Waals surface area contributed by atoms with E-state index in [2.05, 4.69) is 9.47 Å². The van der Waals surface area contributed by atoms with Crippen LogP contribution < -0.4 is 19.3 Å². The fourth-order valence-corrected chi connectivity index (χ4v) is 3.29. The van der Waals surface area contributed by atoms with E-state index in [9.17, 15) is 10.2 Å². The van der Waals surface area contributed by atoms with Crippen LogP contribution in [0.15, 0.2) is 0 Å². The van der Waals surface area contributed by atoms with Crippen molar-refractivity contribution in [1.29, 1.82) is 0 Å². The van der Waals surface area contributed by atoms with Crippen LogP contribution in [0.4, 0.5) is 0 Å². The summed E-state index contributed by atoms with van der Waals surface area (Å²) in [6.45, 7) is 0. The second-order valence-electron chi connectivity index (χ2n) is 2.42. The average molecular weight is 294 g/mol. The van der Waals surface area contributed by atoms with Gasteiger partial charge in [0, 0.05) is 0 Å². The molecule has 1 aromatic heterocycles. The van der Waals surface area contributed by atoms with E-state index in [0.29, 0.717) is 7.65 Å². The minimum absolute atomic E-state index is 0.123. The number of methoxy groups -OCH3 is 2. The fourth-order valence-electron chi connectivity index (χ4n) is 0.816. The summed E-state index contributed by atoms with van der Waals surface area (Å²) in [6.07, 6.45) is 0. The molecule has 1 rings (SSSR count). The summed E-state index contributed by atoms with van der Waals surface area (Å²) >= 11 is 11.8. The Bertz CT molecular complexity index is 557. The molecule has 0 bridgehead atoms. The van der Waals surface area contributed by atoms with Crippen molar-refractivity contribution in [1.82, 2.24) is 0 Å². The van der Waals surface area contributed by atoms with Crippen LogP contribution in [0.25, 0.3) is 11.9 Å². The second-order valence-corrected chi connectivity index (χ2v) is 5.80. The van der Waals surface area contributed by atoms with E-state index in [1.807, 2.05) is 0 Å². The molecule has 0 saturated carbocycles. The van der Waals surface area contributed by atoms with Crippen LogP contribution in [-0.4, -0.2) is 14.2 Å². The van der Waals surface area contributed by atoms with Gasteiger partial charge in [0.1, 0.15) is 7.65 Å². The zero-order chi connectivity index (χ0) is 12.3. The van der Waals surface area contributed by atoms with Gasteiger partial charge in [-0.05, 0) is 14.2 Å². The number of hydrogen-bond donors (Lipinski definition) is 0. The molecule has 0 spiro atoms. The minimum atomic E-state index is -0.622. The van der Waals surface area contributed by atoms with Crippen molar-refractivity contribution in [2.45, 2.75) is 0 Å². The van der Waals surface area contributed by atoms with E-state index in [1.165, 1.54) is 14.2 Å². The standard InChI is InChI=1S/C8H8O4S4/c1-11-5(9)3-4(6(10)12-2)16-8(14)7(13)15-3/h9-10H,1-2H3/p-2/b5-3+,6-4+. The van der Waals surface area contributed by atoms with Crippen LogP contribution in [0, 0.1) is 7.65 Å². The molecule has 0 aliphatic heterocycles. The monoisotopic (exact) mass is 294 g/mol. The summed E-state index contributed by atoms with van der Waals surface area (Å²) in [7, 11) is 2.46. The van der Waals surface area contributed by atoms with Gasteiger partial charge in [0.15, 0.2) is 0 Å². The third-order valence-electron chi connectivity index (χ3n) is 1.50. The van der Waals surface area contributed by atoms with Gasteiger partial charge in [-0.2, -0.15) is 0 Å². The van der Waals surface area contributed by atoms with Gasteiger partial charge >= 0.3 is 0 Å². The van der Waals surface area contributed by atoms with Crippen LogP contribution >= 0.6 is 47.1 Å². The maximum atomic E-state index is 11.4. The molecule has 0 fully saturated rings. The largest absolute Gasteiger partial charge is 0.616 e. The Hall–Kier alpha value is -0.700. The molecule has 0 N–H and O–H groups in total. The van der Waals surface area contributed by atoms with Crippen LogP contribution in [0.3, 0.4) is 0 Å². The highest BCUT2D eigenvalue weighted by atomic mass is 32.2. The lowest BCUT2D eigenvalue weighted by Gasteiger charge is -2.11. The third-order valence-corrected chi connectivity index (χ3v) is 4.99. The molecule has 0 amide bonds. The summed E-state index contributed by atoms with van der Waals surface area (Å²) in [5.74, 6) is -1.24. The Morgan fingerprint density at radius 2 is 1.25 bits per heavy atom. The van der Waals surface area contributed by atoms with E-state index >= 15 is 0 Å². The molecule has 0 unspecified atom stereocenters. The maximum Gasteiger partial charge on any atom is 0.119 e. The zero-order valence-electron chi connectivity index (χ0n) is 8.27. The lowest BCUT2D eigenvalue weighted by atomic mass is 10.6. The Morgan fingerprint density at radius 3 is 1.50 bits per heavy atom. The van der Waals surface area contributed by atoms with Gasteiger partial charge in [-0.15, -0.1) is 22.7 Å². The maximum absolute atomic E-state index is 11.4. The highest BCUT2D eigenvalue weighted by molar-refractivity contribution is 7.76. The Balaban J connectivity index is 3.96. The fraction of sp³-hybridized carbons (Fsp3) is 0.250. The quantitative estimate of drug-likeness (QED) is 0.680.